The lowest BCUT2D eigenvalue weighted by atomic mass is 10.1. The Kier molecular flexibility index (Phi) is 4.07. The fourth-order valence-corrected chi connectivity index (χ4v) is 3.81. The zero-order valence-corrected chi connectivity index (χ0v) is 10.2. The number of rotatable bonds is 4. The summed E-state index contributed by atoms with van der Waals surface area (Å²) in [5.74, 6) is -1.91. The lowest BCUT2D eigenvalue weighted by Gasteiger charge is -2.14. The zero-order valence-electron chi connectivity index (χ0n) is 9.43. The van der Waals surface area contributed by atoms with Crippen molar-refractivity contribution >= 4 is 21.6 Å². The minimum Gasteiger partial charge on any atom is -0.465 e. The van der Waals surface area contributed by atoms with Crippen LogP contribution in [0.25, 0.3) is 0 Å². The van der Waals surface area contributed by atoms with Gasteiger partial charge in [0, 0.05) is 12.3 Å². The lowest BCUT2D eigenvalue weighted by molar-refractivity contribution is -0.140. The van der Waals surface area contributed by atoms with E-state index >= 15 is 0 Å². The molecule has 0 N–H and O–H groups in total. The van der Waals surface area contributed by atoms with Crippen LogP contribution in [-0.4, -0.2) is 37.8 Å². The van der Waals surface area contributed by atoms with E-state index in [4.69, 9.17) is 0 Å². The van der Waals surface area contributed by atoms with Crippen LogP contribution in [0.5, 0.6) is 0 Å². The molecule has 0 aliphatic heterocycles. The molecule has 1 aliphatic carbocycles. The van der Waals surface area contributed by atoms with E-state index in [2.05, 4.69) is 4.74 Å². The molecular weight excluding hydrogens is 232 g/mol. The smallest absolute Gasteiger partial charge is 0.321 e. The van der Waals surface area contributed by atoms with E-state index in [1.165, 1.54) is 0 Å². The number of ether oxygens (including phenoxy) is 1. The first-order valence-electron chi connectivity index (χ1n) is 5.28. The van der Waals surface area contributed by atoms with Crippen LogP contribution in [0.4, 0.5) is 0 Å². The van der Waals surface area contributed by atoms with Crippen LogP contribution in [0.1, 0.15) is 26.7 Å². The predicted octanol–water partition coefficient (Wildman–Crippen LogP) is 0.332. The fourth-order valence-electron chi connectivity index (χ4n) is 1.93. The van der Waals surface area contributed by atoms with Crippen molar-refractivity contribution in [3.05, 3.63) is 0 Å². The molecule has 1 saturated carbocycles. The van der Waals surface area contributed by atoms with Crippen LogP contribution in [0.15, 0.2) is 0 Å². The highest BCUT2D eigenvalue weighted by atomic mass is 32.2. The third-order valence-corrected chi connectivity index (χ3v) is 5.03. The summed E-state index contributed by atoms with van der Waals surface area (Å²) in [7, 11) is -3.56. The van der Waals surface area contributed by atoms with Crippen LogP contribution in [-0.2, 0) is 24.2 Å². The molecule has 0 aromatic rings. The number of ketones is 1. The Bertz CT molecular complexity index is 384. The monoisotopic (exact) mass is 248 g/mol. The van der Waals surface area contributed by atoms with Gasteiger partial charge in [-0.1, -0.05) is 6.92 Å². The van der Waals surface area contributed by atoms with Crippen LogP contribution < -0.4 is 0 Å². The fraction of sp³-hybridized carbons (Fsp3) is 0.800. The van der Waals surface area contributed by atoms with E-state index in [0.29, 0.717) is 6.42 Å². The van der Waals surface area contributed by atoms with Crippen molar-refractivity contribution in [1.29, 1.82) is 0 Å². The van der Waals surface area contributed by atoms with Crippen molar-refractivity contribution in [1.82, 2.24) is 0 Å². The van der Waals surface area contributed by atoms with Crippen LogP contribution >= 0.6 is 0 Å². The molecule has 0 radical (unpaired) electrons. The molecule has 0 amide bonds. The van der Waals surface area contributed by atoms with E-state index in [1.807, 2.05) is 0 Å². The minimum atomic E-state index is -3.56. The molecule has 0 spiro atoms. The summed E-state index contributed by atoms with van der Waals surface area (Å²) in [6, 6.07) is 0. The standard InChI is InChI=1S/C10H16O5S/c1-3-15-10(12)6-16(13,14)9-5-4-8(11)7(9)2/h7,9H,3-6H2,1-2H3. The quantitative estimate of drug-likeness (QED) is 0.670. The molecule has 16 heavy (non-hydrogen) atoms. The number of carbonyl (C=O) groups is 2. The number of hydrogen-bond donors (Lipinski definition) is 0. The summed E-state index contributed by atoms with van der Waals surface area (Å²) in [4.78, 5) is 22.4. The van der Waals surface area contributed by atoms with Gasteiger partial charge in [-0.25, -0.2) is 8.42 Å². The first-order chi connectivity index (χ1) is 7.38. The molecule has 6 heteroatoms. The van der Waals surface area contributed by atoms with Gasteiger partial charge in [0.15, 0.2) is 9.84 Å². The minimum absolute atomic E-state index is 0.0440. The normalized spacial score (nSPS) is 25.8. The van der Waals surface area contributed by atoms with E-state index < -0.39 is 32.7 Å². The third-order valence-electron chi connectivity index (χ3n) is 2.83. The highest BCUT2D eigenvalue weighted by Gasteiger charge is 2.40. The van der Waals surface area contributed by atoms with E-state index in [0.717, 1.165) is 0 Å². The Hall–Kier alpha value is -0.910. The molecule has 2 unspecified atom stereocenters. The largest absolute Gasteiger partial charge is 0.465 e. The van der Waals surface area contributed by atoms with Gasteiger partial charge in [0.2, 0.25) is 0 Å². The number of hydrogen-bond acceptors (Lipinski definition) is 5. The van der Waals surface area contributed by atoms with Gasteiger partial charge < -0.3 is 4.74 Å². The lowest BCUT2D eigenvalue weighted by Crippen LogP contribution is -2.32. The summed E-state index contributed by atoms with van der Waals surface area (Å²) >= 11 is 0. The summed E-state index contributed by atoms with van der Waals surface area (Å²) < 4.78 is 28.2. The van der Waals surface area contributed by atoms with Gasteiger partial charge in [-0.15, -0.1) is 0 Å². The van der Waals surface area contributed by atoms with Crippen molar-refractivity contribution < 1.29 is 22.7 Å². The Labute approximate surface area is 95.1 Å². The average Bonchev–Trinajstić information content (AvgIpc) is 2.47. The molecule has 0 heterocycles. The molecule has 0 aromatic carbocycles. The number of sulfone groups is 1. The van der Waals surface area contributed by atoms with E-state index in [-0.39, 0.29) is 18.8 Å². The van der Waals surface area contributed by atoms with Crippen molar-refractivity contribution in [3.63, 3.8) is 0 Å². The highest BCUT2D eigenvalue weighted by Crippen LogP contribution is 2.28. The number of esters is 1. The second kappa shape index (κ2) is 4.95. The average molecular weight is 248 g/mol. The first kappa shape index (κ1) is 13.2. The highest BCUT2D eigenvalue weighted by molar-refractivity contribution is 7.92. The maximum Gasteiger partial charge on any atom is 0.321 e. The zero-order chi connectivity index (χ0) is 12.3. The topological polar surface area (TPSA) is 77.5 Å². The van der Waals surface area contributed by atoms with Crippen molar-refractivity contribution in [2.45, 2.75) is 31.9 Å². The van der Waals surface area contributed by atoms with Crippen LogP contribution in [0, 0.1) is 5.92 Å². The van der Waals surface area contributed by atoms with Gasteiger partial charge in [-0.2, -0.15) is 0 Å². The van der Waals surface area contributed by atoms with Gasteiger partial charge in [0.1, 0.15) is 11.5 Å². The number of carbonyl (C=O) groups excluding carboxylic acids is 2. The Morgan fingerprint density at radius 1 is 1.50 bits per heavy atom. The molecule has 0 saturated heterocycles. The van der Waals surface area contributed by atoms with Crippen LogP contribution in [0.2, 0.25) is 0 Å². The van der Waals surface area contributed by atoms with Gasteiger partial charge in [-0.05, 0) is 13.3 Å². The molecular formula is C10H16O5S. The Morgan fingerprint density at radius 3 is 2.56 bits per heavy atom. The van der Waals surface area contributed by atoms with Crippen molar-refractivity contribution in [2.24, 2.45) is 5.92 Å². The maximum absolute atomic E-state index is 11.8. The second-order valence-electron chi connectivity index (χ2n) is 3.94. The van der Waals surface area contributed by atoms with Crippen molar-refractivity contribution in [3.8, 4) is 0 Å². The molecule has 0 aromatic heterocycles. The summed E-state index contributed by atoms with van der Waals surface area (Å²) in [5.41, 5.74) is 0. The van der Waals surface area contributed by atoms with Gasteiger partial charge in [0.05, 0.1) is 11.9 Å². The molecule has 92 valence electrons. The Balaban J connectivity index is 2.71. The van der Waals surface area contributed by atoms with Crippen molar-refractivity contribution in [2.75, 3.05) is 12.4 Å². The number of Topliss-reactive ketones (excluding diaryl/α,β-unsaturated/α-hetero) is 1. The summed E-state index contributed by atoms with van der Waals surface area (Å²) in [6.07, 6.45) is 0.607. The SMILES string of the molecule is CCOC(=O)CS(=O)(=O)C1CCC(=O)C1C. The third kappa shape index (κ3) is 2.81. The summed E-state index contributed by atoms with van der Waals surface area (Å²) in [5, 5.41) is -0.718. The molecule has 1 fully saturated rings. The van der Waals surface area contributed by atoms with Gasteiger partial charge in [-0.3, -0.25) is 9.59 Å². The maximum atomic E-state index is 11.8. The van der Waals surface area contributed by atoms with Gasteiger partial charge >= 0.3 is 5.97 Å². The second-order valence-corrected chi connectivity index (χ2v) is 6.16. The molecule has 1 aliphatic rings. The molecule has 5 nitrogen and oxygen atoms in total. The predicted molar refractivity (Wildman–Crippen MR) is 57.6 cm³/mol. The van der Waals surface area contributed by atoms with E-state index in [9.17, 15) is 18.0 Å². The Morgan fingerprint density at radius 2 is 2.12 bits per heavy atom. The van der Waals surface area contributed by atoms with E-state index in [1.54, 1.807) is 13.8 Å². The molecule has 0 bridgehead atoms. The summed E-state index contributed by atoms with van der Waals surface area (Å²) in [6.45, 7) is 3.38. The molecule has 1 rings (SSSR count). The van der Waals surface area contributed by atoms with Gasteiger partial charge in [0.25, 0.3) is 0 Å². The van der Waals surface area contributed by atoms with Crippen LogP contribution in [0.3, 0.4) is 0 Å². The molecule has 2 atom stereocenters. The first-order valence-corrected chi connectivity index (χ1v) is 7.00.